The van der Waals surface area contributed by atoms with E-state index in [9.17, 15) is 18.5 Å². The number of benzene rings is 1. The first kappa shape index (κ1) is 13.6. The van der Waals surface area contributed by atoms with Gasteiger partial charge in [0, 0.05) is 6.07 Å². The normalized spacial score (nSPS) is 11.4. The second-order valence-electron chi connectivity index (χ2n) is 3.50. The molecule has 94 valence electrons. The Morgan fingerprint density at radius 1 is 1.35 bits per heavy atom. The Bertz CT molecular complexity index is 499. The number of nitro benzene ring substituents is 1. The highest BCUT2D eigenvalue weighted by Crippen LogP contribution is 2.24. The number of para-hydroxylation sites is 1. The molecule has 1 aromatic rings. The molecule has 0 radical (unpaired) electrons. The average molecular weight is 258 g/mol. The third-order valence-corrected chi connectivity index (χ3v) is 4.08. The maximum atomic E-state index is 11.9. The van der Waals surface area contributed by atoms with E-state index in [0.717, 1.165) is 0 Å². The second kappa shape index (κ2) is 5.74. The van der Waals surface area contributed by atoms with Crippen LogP contribution in [0.5, 0.6) is 0 Å². The molecule has 0 unspecified atom stereocenters. The van der Waals surface area contributed by atoms with E-state index in [2.05, 4.69) is 5.32 Å². The van der Waals surface area contributed by atoms with Crippen LogP contribution in [0.25, 0.3) is 0 Å². The first-order chi connectivity index (χ1) is 7.99. The monoisotopic (exact) mass is 258 g/mol. The van der Waals surface area contributed by atoms with Gasteiger partial charge in [0.15, 0.2) is 9.84 Å². The first-order valence-corrected chi connectivity index (χ1v) is 6.75. The second-order valence-corrected chi connectivity index (χ2v) is 5.58. The zero-order valence-corrected chi connectivity index (χ0v) is 10.2. The average Bonchev–Trinajstić information content (AvgIpc) is 2.29. The van der Waals surface area contributed by atoms with Crippen LogP contribution in [0.2, 0.25) is 0 Å². The minimum absolute atomic E-state index is 0.0985. The van der Waals surface area contributed by atoms with Crippen molar-refractivity contribution in [3.8, 4) is 0 Å². The predicted molar refractivity (Wildman–Crippen MR) is 63.7 cm³/mol. The van der Waals surface area contributed by atoms with Gasteiger partial charge in [-0.2, -0.15) is 0 Å². The molecule has 7 heteroatoms. The summed E-state index contributed by atoms with van der Waals surface area (Å²) in [5.41, 5.74) is -0.364. The summed E-state index contributed by atoms with van der Waals surface area (Å²) in [4.78, 5) is 9.84. The van der Waals surface area contributed by atoms with Gasteiger partial charge in [-0.3, -0.25) is 10.1 Å². The lowest BCUT2D eigenvalue weighted by atomic mass is 10.3. The smallest absolute Gasteiger partial charge is 0.287 e. The summed E-state index contributed by atoms with van der Waals surface area (Å²) in [5, 5.41) is 13.6. The molecule has 0 aromatic heterocycles. The summed E-state index contributed by atoms with van der Waals surface area (Å²) in [7, 11) is -1.87. The van der Waals surface area contributed by atoms with Crippen LogP contribution in [0.1, 0.15) is 6.42 Å². The molecule has 0 amide bonds. The maximum absolute atomic E-state index is 11.9. The first-order valence-electron chi connectivity index (χ1n) is 5.10. The topological polar surface area (TPSA) is 89.3 Å². The summed E-state index contributed by atoms with van der Waals surface area (Å²) in [5.74, 6) is -0.0985. The molecule has 1 rings (SSSR count). The number of nitrogens with one attached hydrogen (secondary N) is 1. The summed E-state index contributed by atoms with van der Waals surface area (Å²) < 4.78 is 23.8. The van der Waals surface area contributed by atoms with Gasteiger partial charge >= 0.3 is 0 Å². The Kier molecular flexibility index (Phi) is 4.59. The van der Waals surface area contributed by atoms with E-state index >= 15 is 0 Å². The van der Waals surface area contributed by atoms with Crippen LogP contribution in [-0.2, 0) is 9.84 Å². The van der Waals surface area contributed by atoms with E-state index < -0.39 is 14.8 Å². The van der Waals surface area contributed by atoms with Crippen molar-refractivity contribution >= 4 is 15.5 Å². The molecular formula is C10H14N2O4S. The van der Waals surface area contributed by atoms with Gasteiger partial charge in [-0.05, 0) is 26.1 Å². The summed E-state index contributed by atoms with van der Waals surface area (Å²) in [6.45, 7) is 0.555. The Morgan fingerprint density at radius 3 is 2.59 bits per heavy atom. The van der Waals surface area contributed by atoms with Gasteiger partial charge in [-0.1, -0.05) is 12.1 Å². The van der Waals surface area contributed by atoms with Crippen LogP contribution in [0.4, 0.5) is 5.69 Å². The molecule has 0 atom stereocenters. The summed E-state index contributed by atoms with van der Waals surface area (Å²) in [6, 6.07) is 5.40. The number of sulfone groups is 1. The van der Waals surface area contributed by atoms with Crippen molar-refractivity contribution in [1.82, 2.24) is 5.32 Å². The number of hydrogen-bond acceptors (Lipinski definition) is 5. The minimum Gasteiger partial charge on any atom is -0.320 e. The van der Waals surface area contributed by atoms with E-state index in [1.54, 1.807) is 7.05 Å². The number of nitrogens with zero attached hydrogens (tertiary/aromatic N) is 1. The number of nitro groups is 1. The van der Waals surface area contributed by atoms with Crippen molar-refractivity contribution in [2.45, 2.75) is 11.3 Å². The van der Waals surface area contributed by atoms with Gasteiger partial charge in [0.1, 0.15) is 4.90 Å². The van der Waals surface area contributed by atoms with Crippen molar-refractivity contribution < 1.29 is 13.3 Å². The van der Waals surface area contributed by atoms with Crippen LogP contribution < -0.4 is 5.32 Å². The van der Waals surface area contributed by atoms with Crippen LogP contribution in [0.3, 0.4) is 0 Å². The van der Waals surface area contributed by atoms with Gasteiger partial charge in [0.2, 0.25) is 0 Å². The molecule has 0 aliphatic heterocycles. The third kappa shape index (κ3) is 3.50. The fraction of sp³-hybridized carbons (Fsp3) is 0.400. The maximum Gasteiger partial charge on any atom is 0.287 e. The van der Waals surface area contributed by atoms with Gasteiger partial charge in [-0.15, -0.1) is 0 Å². The molecule has 0 saturated heterocycles. The molecular weight excluding hydrogens is 244 g/mol. The molecule has 6 nitrogen and oxygen atoms in total. The van der Waals surface area contributed by atoms with Gasteiger partial charge in [0.25, 0.3) is 5.69 Å². The third-order valence-electron chi connectivity index (χ3n) is 2.24. The lowest BCUT2D eigenvalue weighted by molar-refractivity contribution is -0.387. The lowest BCUT2D eigenvalue weighted by Gasteiger charge is -2.04. The molecule has 0 saturated carbocycles. The fourth-order valence-corrected chi connectivity index (χ4v) is 2.91. The van der Waals surface area contributed by atoms with Crippen molar-refractivity contribution in [3.63, 3.8) is 0 Å². The SMILES string of the molecule is CNCCCS(=O)(=O)c1ccccc1[N+](=O)[O-]. The van der Waals surface area contributed by atoms with Crippen LogP contribution >= 0.6 is 0 Å². The van der Waals surface area contributed by atoms with Crippen LogP contribution in [-0.4, -0.2) is 32.7 Å². The number of rotatable bonds is 6. The van der Waals surface area contributed by atoms with E-state index in [-0.39, 0.29) is 16.3 Å². The highest BCUT2D eigenvalue weighted by Gasteiger charge is 2.24. The molecule has 0 aliphatic carbocycles. The molecule has 0 bridgehead atoms. The largest absolute Gasteiger partial charge is 0.320 e. The van der Waals surface area contributed by atoms with Crippen molar-refractivity contribution in [2.75, 3.05) is 19.3 Å². The number of hydrogen-bond donors (Lipinski definition) is 1. The molecule has 17 heavy (non-hydrogen) atoms. The van der Waals surface area contributed by atoms with Crippen LogP contribution in [0, 0.1) is 10.1 Å². The van der Waals surface area contributed by atoms with Crippen molar-refractivity contribution in [1.29, 1.82) is 0 Å². The Labute approximate surface area is 99.7 Å². The van der Waals surface area contributed by atoms with E-state index in [1.165, 1.54) is 24.3 Å². The lowest BCUT2D eigenvalue weighted by Crippen LogP contribution is -2.15. The Hall–Kier alpha value is -1.47. The van der Waals surface area contributed by atoms with Crippen LogP contribution in [0.15, 0.2) is 29.2 Å². The predicted octanol–water partition coefficient (Wildman–Crippen LogP) is 0.978. The molecule has 1 aromatic carbocycles. The minimum atomic E-state index is -3.59. The van der Waals surface area contributed by atoms with E-state index in [0.29, 0.717) is 13.0 Å². The fourth-order valence-electron chi connectivity index (χ4n) is 1.42. The van der Waals surface area contributed by atoms with Crippen molar-refractivity contribution in [2.24, 2.45) is 0 Å². The standard InChI is InChI=1S/C10H14N2O4S/c1-11-7-4-8-17(15,16)10-6-3-2-5-9(10)12(13)14/h2-3,5-6,11H,4,7-8H2,1H3. The Morgan fingerprint density at radius 2 is 2.00 bits per heavy atom. The van der Waals surface area contributed by atoms with E-state index in [4.69, 9.17) is 0 Å². The quantitative estimate of drug-likeness (QED) is 0.466. The van der Waals surface area contributed by atoms with E-state index in [1.807, 2.05) is 0 Å². The summed E-state index contributed by atoms with van der Waals surface area (Å²) >= 11 is 0. The van der Waals surface area contributed by atoms with Gasteiger partial charge in [-0.25, -0.2) is 8.42 Å². The molecule has 0 fully saturated rings. The molecule has 0 heterocycles. The highest BCUT2D eigenvalue weighted by atomic mass is 32.2. The zero-order valence-electron chi connectivity index (χ0n) is 9.42. The molecule has 0 aliphatic rings. The van der Waals surface area contributed by atoms with Crippen molar-refractivity contribution in [3.05, 3.63) is 34.4 Å². The Balaban J connectivity index is 3.02. The summed E-state index contributed by atoms with van der Waals surface area (Å²) in [6.07, 6.45) is 0.422. The van der Waals surface area contributed by atoms with Gasteiger partial charge in [0.05, 0.1) is 10.7 Å². The molecule has 1 N–H and O–H groups in total. The molecule has 0 spiro atoms. The van der Waals surface area contributed by atoms with Gasteiger partial charge < -0.3 is 5.32 Å². The zero-order chi connectivity index (χ0) is 12.9. The highest BCUT2D eigenvalue weighted by molar-refractivity contribution is 7.91.